The smallest absolute Gasteiger partial charge is 0.0235 e. The van der Waals surface area contributed by atoms with Crippen LogP contribution < -0.4 is 5.73 Å². The van der Waals surface area contributed by atoms with Crippen LogP contribution in [-0.4, -0.2) is 54.6 Å². The van der Waals surface area contributed by atoms with Crippen LogP contribution >= 0.6 is 0 Å². The Morgan fingerprint density at radius 3 is 2.47 bits per heavy atom. The number of likely N-dealkylation sites (tertiary alicyclic amines) is 2. The van der Waals surface area contributed by atoms with Gasteiger partial charge in [0.05, 0.1) is 0 Å². The molecule has 19 heavy (non-hydrogen) atoms. The van der Waals surface area contributed by atoms with Gasteiger partial charge in [0.15, 0.2) is 0 Å². The van der Waals surface area contributed by atoms with Crippen molar-refractivity contribution in [3.8, 4) is 0 Å². The monoisotopic (exact) mass is 265 g/mol. The molecule has 0 spiro atoms. The van der Waals surface area contributed by atoms with E-state index in [1.165, 1.54) is 84.1 Å². The van der Waals surface area contributed by atoms with Crippen molar-refractivity contribution in [2.75, 3.05) is 32.7 Å². The summed E-state index contributed by atoms with van der Waals surface area (Å²) >= 11 is 0. The zero-order valence-corrected chi connectivity index (χ0v) is 12.4. The lowest BCUT2D eigenvalue weighted by atomic mass is 10.0. The molecule has 3 atom stereocenters. The molecule has 0 aromatic rings. The van der Waals surface area contributed by atoms with Crippen LogP contribution in [0.1, 0.15) is 51.4 Å². The lowest BCUT2D eigenvalue weighted by Crippen LogP contribution is -2.41. The molecule has 2 N–H and O–H groups in total. The minimum absolute atomic E-state index is 0.500. The van der Waals surface area contributed by atoms with Crippen LogP contribution in [-0.2, 0) is 0 Å². The number of rotatable bonds is 4. The Hall–Kier alpha value is -0.120. The molecule has 2 saturated heterocycles. The van der Waals surface area contributed by atoms with E-state index in [9.17, 15) is 0 Å². The SMILES string of the molecule is NC1CCCC1CCN1CCC(N2CCCCC2)C1. The Morgan fingerprint density at radius 1 is 0.895 bits per heavy atom. The number of hydrogen-bond acceptors (Lipinski definition) is 3. The summed E-state index contributed by atoms with van der Waals surface area (Å²) in [5.74, 6) is 0.814. The fourth-order valence-corrected chi connectivity index (χ4v) is 4.37. The third-order valence-corrected chi connectivity index (χ3v) is 5.69. The Balaban J connectivity index is 1.39. The van der Waals surface area contributed by atoms with Gasteiger partial charge in [-0.3, -0.25) is 4.90 Å². The molecular formula is C16H31N3. The topological polar surface area (TPSA) is 32.5 Å². The summed E-state index contributed by atoms with van der Waals surface area (Å²) in [6, 6.07) is 1.36. The van der Waals surface area contributed by atoms with Gasteiger partial charge in [0.1, 0.15) is 0 Å². The first-order valence-electron chi connectivity index (χ1n) is 8.55. The van der Waals surface area contributed by atoms with Gasteiger partial charge in [-0.1, -0.05) is 12.8 Å². The van der Waals surface area contributed by atoms with E-state index in [1.54, 1.807) is 0 Å². The molecule has 2 heterocycles. The first kappa shape index (κ1) is 13.8. The van der Waals surface area contributed by atoms with Crippen molar-refractivity contribution in [3.63, 3.8) is 0 Å². The average molecular weight is 265 g/mol. The van der Waals surface area contributed by atoms with Gasteiger partial charge in [-0.05, 0) is 70.6 Å². The van der Waals surface area contributed by atoms with Crippen molar-refractivity contribution in [1.29, 1.82) is 0 Å². The molecule has 3 fully saturated rings. The normalized spacial score (nSPS) is 38.1. The number of nitrogens with zero attached hydrogens (tertiary/aromatic N) is 2. The summed E-state index contributed by atoms with van der Waals surface area (Å²) in [6.45, 7) is 6.64. The van der Waals surface area contributed by atoms with E-state index in [4.69, 9.17) is 5.73 Å². The van der Waals surface area contributed by atoms with E-state index in [0.29, 0.717) is 6.04 Å². The Kier molecular flexibility index (Phi) is 4.78. The highest BCUT2D eigenvalue weighted by Gasteiger charge is 2.30. The number of nitrogens with two attached hydrogens (primary N) is 1. The van der Waals surface area contributed by atoms with Gasteiger partial charge >= 0.3 is 0 Å². The van der Waals surface area contributed by atoms with Gasteiger partial charge in [0, 0.05) is 18.6 Å². The van der Waals surface area contributed by atoms with Gasteiger partial charge < -0.3 is 10.6 Å². The van der Waals surface area contributed by atoms with Crippen molar-refractivity contribution < 1.29 is 0 Å². The third-order valence-electron chi connectivity index (χ3n) is 5.69. The predicted octanol–water partition coefficient (Wildman–Crippen LogP) is 2.06. The van der Waals surface area contributed by atoms with E-state index in [-0.39, 0.29) is 0 Å². The van der Waals surface area contributed by atoms with Gasteiger partial charge in [-0.2, -0.15) is 0 Å². The quantitative estimate of drug-likeness (QED) is 0.844. The van der Waals surface area contributed by atoms with Crippen LogP contribution in [0.15, 0.2) is 0 Å². The fraction of sp³-hybridized carbons (Fsp3) is 1.00. The van der Waals surface area contributed by atoms with Crippen LogP contribution in [0.4, 0.5) is 0 Å². The first-order valence-corrected chi connectivity index (χ1v) is 8.55. The van der Waals surface area contributed by atoms with Gasteiger partial charge in [-0.25, -0.2) is 0 Å². The third kappa shape index (κ3) is 3.50. The lowest BCUT2D eigenvalue weighted by molar-refractivity contribution is 0.160. The first-order chi connectivity index (χ1) is 9.33. The maximum atomic E-state index is 6.18. The molecule has 0 radical (unpaired) electrons. The molecule has 3 heteroatoms. The van der Waals surface area contributed by atoms with Gasteiger partial charge in [0.2, 0.25) is 0 Å². The van der Waals surface area contributed by atoms with Gasteiger partial charge in [-0.15, -0.1) is 0 Å². The summed E-state index contributed by atoms with van der Waals surface area (Å²) in [5.41, 5.74) is 6.18. The van der Waals surface area contributed by atoms with E-state index in [0.717, 1.165) is 12.0 Å². The molecule has 0 aromatic carbocycles. The zero-order chi connectivity index (χ0) is 13.1. The molecular weight excluding hydrogens is 234 g/mol. The summed E-state index contributed by atoms with van der Waals surface area (Å²) in [4.78, 5) is 5.45. The highest BCUT2D eigenvalue weighted by Crippen LogP contribution is 2.28. The molecule has 3 nitrogen and oxygen atoms in total. The largest absolute Gasteiger partial charge is 0.327 e. The van der Waals surface area contributed by atoms with Crippen LogP contribution in [0, 0.1) is 5.92 Å². The minimum Gasteiger partial charge on any atom is -0.327 e. The average Bonchev–Trinajstić information content (AvgIpc) is 3.06. The van der Waals surface area contributed by atoms with Crippen molar-refractivity contribution >= 4 is 0 Å². The number of hydrogen-bond donors (Lipinski definition) is 1. The molecule has 3 unspecified atom stereocenters. The van der Waals surface area contributed by atoms with Crippen molar-refractivity contribution in [3.05, 3.63) is 0 Å². The highest BCUT2D eigenvalue weighted by molar-refractivity contribution is 4.86. The van der Waals surface area contributed by atoms with E-state index >= 15 is 0 Å². The van der Waals surface area contributed by atoms with Crippen molar-refractivity contribution in [1.82, 2.24) is 9.80 Å². The molecule has 1 aliphatic carbocycles. The summed E-state index contributed by atoms with van der Waals surface area (Å²) in [6.07, 6.45) is 11.0. The fourth-order valence-electron chi connectivity index (χ4n) is 4.37. The number of piperidine rings is 1. The summed E-state index contributed by atoms with van der Waals surface area (Å²) in [7, 11) is 0. The molecule has 2 aliphatic heterocycles. The molecule has 3 aliphatic rings. The molecule has 3 rings (SSSR count). The molecule has 0 amide bonds. The van der Waals surface area contributed by atoms with Crippen LogP contribution in [0.25, 0.3) is 0 Å². The van der Waals surface area contributed by atoms with E-state index in [2.05, 4.69) is 9.80 Å². The van der Waals surface area contributed by atoms with Crippen LogP contribution in [0.2, 0.25) is 0 Å². The second-order valence-electron chi connectivity index (χ2n) is 6.98. The molecule has 1 saturated carbocycles. The second kappa shape index (κ2) is 6.55. The summed E-state index contributed by atoms with van der Waals surface area (Å²) in [5, 5.41) is 0. The van der Waals surface area contributed by atoms with Gasteiger partial charge in [0.25, 0.3) is 0 Å². The minimum atomic E-state index is 0.500. The standard InChI is InChI=1S/C16H31N3/c17-16-6-4-5-14(16)7-11-18-12-8-15(13-18)19-9-2-1-3-10-19/h14-16H,1-13,17H2. The van der Waals surface area contributed by atoms with E-state index < -0.39 is 0 Å². The Bertz CT molecular complexity index is 275. The lowest BCUT2D eigenvalue weighted by Gasteiger charge is -2.32. The maximum absolute atomic E-state index is 6.18. The van der Waals surface area contributed by atoms with E-state index in [1.807, 2.05) is 0 Å². The molecule has 110 valence electrons. The van der Waals surface area contributed by atoms with Crippen molar-refractivity contribution in [2.45, 2.75) is 63.5 Å². The molecule has 0 aromatic heterocycles. The Labute approximate surface area is 118 Å². The summed E-state index contributed by atoms with van der Waals surface area (Å²) < 4.78 is 0. The second-order valence-corrected chi connectivity index (χ2v) is 6.98. The molecule has 0 bridgehead atoms. The predicted molar refractivity (Wildman–Crippen MR) is 80.2 cm³/mol. The Morgan fingerprint density at radius 2 is 1.74 bits per heavy atom. The van der Waals surface area contributed by atoms with Crippen LogP contribution in [0.3, 0.4) is 0 Å². The van der Waals surface area contributed by atoms with Crippen LogP contribution in [0.5, 0.6) is 0 Å². The van der Waals surface area contributed by atoms with Crippen molar-refractivity contribution in [2.24, 2.45) is 11.7 Å². The highest BCUT2D eigenvalue weighted by atomic mass is 15.3. The zero-order valence-electron chi connectivity index (χ0n) is 12.4. The maximum Gasteiger partial charge on any atom is 0.0235 e.